The van der Waals surface area contributed by atoms with Crippen molar-refractivity contribution in [3.8, 4) is 11.1 Å². The minimum atomic E-state index is -0.931. The van der Waals surface area contributed by atoms with E-state index in [1.165, 1.54) is 0 Å². The number of nitrogens with zero attached hydrogens (tertiary/aromatic N) is 2. The third-order valence-corrected chi connectivity index (χ3v) is 4.27. The lowest BCUT2D eigenvalue weighted by molar-refractivity contribution is 0.0697. The van der Waals surface area contributed by atoms with Crippen LogP contribution in [-0.2, 0) is 6.42 Å². The highest BCUT2D eigenvalue weighted by molar-refractivity contribution is 6.12. The van der Waals surface area contributed by atoms with Crippen LogP contribution in [0.4, 0.5) is 0 Å². The Bertz CT molecular complexity index is 1080. The highest BCUT2D eigenvalue weighted by atomic mass is 16.4. The smallest absolute Gasteiger partial charge is 0.335 e. The summed E-state index contributed by atoms with van der Waals surface area (Å²) in [5, 5.41) is 12.3. The number of hydrogen-bond acceptors (Lipinski definition) is 3. The van der Waals surface area contributed by atoms with E-state index in [-0.39, 0.29) is 5.56 Å². The summed E-state index contributed by atoms with van der Waals surface area (Å²) in [5.41, 5.74) is 3.98. The van der Waals surface area contributed by atoms with Crippen molar-refractivity contribution in [3.63, 3.8) is 0 Å². The van der Waals surface area contributed by atoms with Crippen molar-refractivity contribution in [2.45, 2.75) is 13.3 Å². The molecule has 0 saturated heterocycles. The van der Waals surface area contributed by atoms with Crippen molar-refractivity contribution < 1.29 is 9.90 Å². The molecule has 0 unspecified atom stereocenters. The third kappa shape index (κ3) is 2.13. The number of fused-ring (bicyclic) bond motifs is 3. The fourth-order valence-corrected chi connectivity index (χ4v) is 3.15. The average molecular weight is 317 g/mol. The number of benzene rings is 1. The van der Waals surface area contributed by atoms with E-state index in [0.29, 0.717) is 0 Å². The summed E-state index contributed by atoms with van der Waals surface area (Å²) in [5.74, 6) is -0.931. The van der Waals surface area contributed by atoms with Gasteiger partial charge < -0.3 is 10.1 Å². The van der Waals surface area contributed by atoms with Crippen molar-refractivity contribution >= 4 is 27.8 Å². The summed E-state index contributed by atoms with van der Waals surface area (Å²) in [6.45, 7) is 2.07. The molecule has 0 amide bonds. The molecule has 0 bridgehead atoms. The lowest BCUT2D eigenvalue weighted by Gasteiger charge is -2.06. The molecule has 118 valence electrons. The first kappa shape index (κ1) is 14.4. The van der Waals surface area contributed by atoms with Crippen LogP contribution in [0.15, 0.2) is 48.9 Å². The minimum Gasteiger partial charge on any atom is -0.478 e. The maximum absolute atomic E-state index is 11.3. The first-order valence-electron chi connectivity index (χ1n) is 7.76. The summed E-state index contributed by atoms with van der Waals surface area (Å²) >= 11 is 0. The predicted octanol–water partition coefficient (Wildman–Crippen LogP) is 4.04. The molecule has 5 heteroatoms. The van der Waals surface area contributed by atoms with Gasteiger partial charge in [-0.3, -0.25) is 4.98 Å². The van der Waals surface area contributed by atoms with E-state index in [2.05, 4.69) is 21.9 Å². The van der Waals surface area contributed by atoms with Crippen LogP contribution in [0.5, 0.6) is 0 Å². The number of rotatable bonds is 3. The van der Waals surface area contributed by atoms with E-state index >= 15 is 0 Å². The Morgan fingerprint density at radius 1 is 1.25 bits per heavy atom. The quantitative estimate of drug-likeness (QED) is 0.598. The van der Waals surface area contributed by atoms with Crippen LogP contribution in [0.1, 0.15) is 23.0 Å². The summed E-state index contributed by atoms with van der Waals surface area (Å²) in [6.07, 6.45) is 6.20. The van der Waals surface area contributed by atoms with Gasteiger partial charge >= 0.3 is 5.97 Å². The molecule has 0 saturated carbocycles. The van der Waals surface area contributed by atoms with Gasteiger partial charge in [-0.1, -0.05) is 19.1 Å². The summed E-state index contributed by atoms with van der Waals surface area (Å²) < 4.78 is 0. The van der Waals surface area contributed by atoms with Gasteiger partial charge in [0.1, 0.15) is 5.65 Å². The number of hydrogen-bond donors (Lipinski definition) is 2. The number of H-pyrrole nitrogens is 1. The molecule has 0 fully saturated rings. The van der Waals surface area contributed by atoms with Gasteiger partial charge in [-0.25, -0.2) is 9.78 Å². The predicted molar refractivity (Wildman–Crippen MR) is 93.2 cm³/mol. The molecule has 1 aromatic carbocycles. The molecule has 0 aliphatic heterocycles. The number of aromatic nitrogens is 3. The van der Waals surface area contributed by atoms with Crippen LogP contribution in [-0.4, -0.2) is 26.0 Å². The van der Waals surface area contributed by atoms with Gasteiger partial charge in [0.25, 0.3) is 0 Å². The second-order valence-corrected chi connectivity index (χ2v) is 5.66. The van der Waals surface area contributed by atoms with Gasteiger partial charge in [-0.15, -0.1) is 0 Å². The standard InChI is InChI=1S/C19H15N3O2/c1-2-15-16(11-4-3-5-12(8-11)19(23)24)17-14-10-20-7-6-13(14)9-21-18(17)22-15/h3-10H,2H2,1H3,(H,21,22)(H,23,24). The molecule has 0 radical (unpaired) electrons. The highest BCUT2D eigenvalue weighted by Crippen LogP contribution is 2.36. The number of pyridine rings is 2. The Morgan fingerprint density at radius 3 is 2.92 bits per heavy atom. The zero-order valence-corrected chi connectivity index (χ0v) is 13.1. The fourth-order valence-electron chi connectivity index (χ4n) is 3.15. The number of aromatic carboxylic acids is 1. The number of aryl methyl sites for hydroxylation is 1. The van der Waals surface area contributed by atoms with Gasteiger partial charge in [-0.05, 0) is 30.2 Å². The largest absolute Gasteiger partial charge is 0.478 e. The molecule has 0 aliphatic carbocycles. The second kappa shape index (κ2) is 5.45. The molecule has 5 nitrogen and oxygen atoms in total. The lowest BCUT2D eigenvalue weighted by Crippen LogP contribution is -1.96. The van der Waals surface area contributed by atoms with Crippen molar-refractivity contribution in [2.75, 3.05) is 0 Å². The number of carboxylic acids is 1. The maximum atomic E-state index is 11.3. The topological polar surface area (TPSA) is 78.9 Å². The summed E-state index contributed by atoms with van der Waals surface area (Å²) in [7, 11) is 0. The molecule has 2 N–H and O–H groups in total. The van der Waals surface area contributed by atoms with Crippen LogP contribution >= 0.6 is 0 Å². The number of carboxylic acid groups (broad SMARTS) is 1. The zero-order valence-electron chi connectivity index (χ0n) is 13.1. The molecular weight excluding hydrogens is 302 g/mol. The van der Waals surface area contributed by atoms with E-state index in [1.54, 1.807) is 24.4 Å². The molecule has 3 heterocycles. The Balaban J connectivity index is 2.12. The molecule has 0 atom stereocenters. The molecule has 3 aromatic heterocycles. The average Bonchev–Trinajstić information content (AvgIpc) is 3.01. The van der Waals surface area contributed by atoms with Crippen LogP contribution in [0, 0.1) is 0 Å². The van der Waals surface area contributed by atoms with Gasteiger partial charge in [0, 0.05) is 46.0 Å². The lowest BCUT2D eigenvalue weighted by atomic mass is 9.97. The molecule has 0 spiro atoms. The van der Waals surface area contributed by atoms with E-state index in [4.69, 9.17) is 0 Å². The van der Waals surface area contributed by atoms with E-state index in [9.17, 15) is 9.90 Å². The Kier molecular flexibility index (Phi) is 3.27. The Labute approximate surface area is 138 Å². The van der Waals surface area contributed by atoms with E-state index < -0.39 is 5.97 Å². The minimum absolute atomic E-state index is 0.273. The first-order valence-corrected chi connectivity index (χ1v) is 7.76. The van der Waals surface area contributed by atoms with Crippen molar-refractivity contribution in [3.05, 3.63) is 60.2 Å². The monoisotopic (exact) mass is 317 g/mol. The summed E-state index contributed by atoms with van der Waals surface area (Å²) in [4.78, 5) is 23.5. The Morgan fingerprint density at radius 2 is 2.12 bits per heavy atom. The van der Waals surface area contributed by atoms with Crippen molar-refractivity contribution in [1.29, 1.82) is 0 Å². The van der Waals surface area contributed by atoms with Gasteiger partial charge in [0.2, 0.25) is 0 Å². The normalized spacial score (nSPS) is 11.2. The fraction of sp³-hybridized carbons (Fsp3) is 0.105. The number of nitrogens with one attached hydrogen (secondary N) is 1. The van der Waals surface area contributed by atoms with Gasteiger partial charge in [0.05, 0.1) is 5.56 Å². The Hall–Kier alpha value is -3.21. The number of aromatic amines is 1. The van der Waals surface area contributed by atoms with Crippen LogP contribution in [0.2, 0.25) is 0 Å². The van der Waals surface area contributed by atoms with Crippen LogP contribution < -0.4 is 0 Å². The number of carbonyl (C=O) groups is 1. The first-order chi connectivity index (χ1) is 11.7. The SMILES string of the molecule is CCc1[nH]c2ncc3ccncc3c2c1-c1cccc(C(=O)O)c1. The maximum Gasteiger partial charge on any atom is 0.335 e. The zero-order chi connectivity index (χ0) is 16.7. The summed E-state index contributed by atoms with van der Waals surface area (Å²) in [6, 6.07) is 8.94. The molecule has 4 aromatic rings. The van der Waals surface area contributed by atoms with Crippen molar-refractivity contribution in [2.24, 2.45) is 0 Å². The third-order valence-electron chi connectivity index (χ3n) is 4.27. The van der Waals surface area contributed by atoms with Crippen LogP contribution in [0.25, 0.3) is 32.9 Å². The molecule has 4 rings (SSSR count). The van der Waals surface area contributed by atoms with E-state index in [0.717, 1.165) is 45.0 Å². The van der Waals surface area contributed by atoms with Crippen LogP contribution in [0.3, 0.4) is 0 Å². The molecule has 24 heavy (non-hydrogen) atoms. The van der Waals surface area contributed by atoms with Gasteiger partial charge in [0.15, 0.2) is 0 Å². The molecule has 0 aliphatic rings. The van der Waals surface area contributed by atoms with E-state index in [1.807, 2.05) is 24.5 Å². The van der Waals surface area contributed by atoms with Crippen molar-refractivity contribution in [1.82, 2.24) is 15.0 Å². The van der Waals surface area contributed by atoms with Gasteiger partial charge in [-0.2, -0.15) is 0 Å². The highest BCUT2D eigenvalue weighted by Gasteiger charge is 2.17. The molecular formula is C19H15N3O2. The second-order valence-electron chi connectivity index (χ2n) is 5.66.